The highest BCUT2D eigenvalue weighted by molar-refractivity contribution is 6.39. The number of halogens is 2. The first kappa shape index (κ1) is 20.2. The van der Waals surface area contributed by atoms with Crippen LogP contribution in [0.25, 0.3) is 10.9 Å². The van der Waals surface area contributed by atoms with Crippen LogP contribution in [-0.4, -0.2) is 30.4 Å². The van der Waals surface area contributed by atoms with E-state index in [1.165, 1.54) is 19.3 Å². The average Bonchev–Trinajstić information content (AvgIpc) is 2.60. The molecule has 1 aromatic carbocycles. The minimum atomic E-state index is 0.307. The van der Waals surface area contributed by atoms with Crippen LogP contribution in [0, 0.1) is 0 Å². The summed E-state index contributed by atoms with van der Waals surface area (Å²) in [7, 11) is 1.59. The molecule has 0 aliphatic carbocycles. The molecule has 0 radical (unpaired) electrons. The summed E-state index contributed by atoms with van der Waals surface area (Å²) in [5.74, 6) is 0.561. The summed E-state index contributed by atoms with van der Waals surface area (Å²) in [6.07, 6.45) is 6.83. The van der Waals surface area contributed by atoms with E-state index >= 15 is 0 Å². The Kier molecular flexibility index (Phi) is 8.76. The zero-order chi connectivity index (χ0) is 18.1. The number of nitrogens with zero attached hydrogens (tertiary/aromatic N) is 1. The van der Waals surface area contributed by atoms with E-state index in [-0.39, 0.29) is 0 Å². The van der Waals surface area contributed by atoms with Gasteiger partial charge in [0, 0.05) is 18.5 Å². The van der Waals surface area contributed by atoms with Crippen molar-refractivity contribution in [3.63, 3.8) is 0 Å². The van der Waals surface area contributed by atoms with Gasteiger partial charge in [-0.1, -0.05) is 48.9 Å². The number of ether oxygens (including phenoxy) is 1. The largest absolute Gasteiger partial charge is 0.493 e. The van der Waals surface area contributed by atoms with E-state index in [9.17, 15) is 0 Å². The number of benzene rings is 1. The van der Waals surface area contributed by atoms with E-state index < -0.39 is 0 Å². The number of rotatable bonds is 11. The van der Waals surface area contributed by atoms with Crippen molar-refractivity contribution in [2.24, 2.45) is 0 Å². The lowest BCUT2D eigenvalue weighted by Crippen LogP contribution is -2.15. The van der Waals surface area contributed by atoms with E-state index in [0.717, 1.165) is 36.9 Å². The topological polar surface area (TPSA) is 54.4 Å². The quantitative estimate of drug-likeness (QED) is 0.536. The van der Waals surface area contributed by atoms with Crippen molar-refractivity contribution in [2.75, 3.05) is 20.3 Å². The van der Waals surface area contributed by atoms with E-state index in [2.05, 4.69) is 10.3 Å². The van der Waals surface area contributed by atoms with Crippen molar-refractivity contribution in [3.8, 4) is 5.75 Å². The van der Waals surface area contributed by atoms with Gasteiger partial charge in [0.1, 0.15) is 5.52 Å². The van der Waals surface area contributed by atoms with E-state index in [1.54, 1.807) is 13.2 Å². The van der Waals surface area contributed by atoms with Crippen LogP contribution in [-0.2, 0) is 6.54 Å². The Morgan fingerprint density at radius 2 is 1.76 bits per heavy atom. The van der Waals surface area contributed by atoms with Crippen molar-refractivity contribution in [3.05, 3.63) is 33.9 Å². The Balaban J connectivity index is 1.84. The Hall–Kier alpha value is -1.07. The fraction of sp³-hybridized carbons (Fsp3) is 0.526. The Morgan fingerprint density at radius 3 is 2.48 bits per heavy atom. The molecule has 0 bridgehead atoms. The predicted molar refractivity (Wildman–Crippen MR) is 105 cm³/mol. The second kappa shape index (κ2) is 10.8. The van der Waals surface area contributed by atoms with E-state index in [0.29, 0.717) is 34.5 Å². The summed E-state index contributed by atoms with van der Waals surface area (Å²) in [6.45, 7) is 1.97. The summed E-state index contributed by atoms with van der Waals surface area (Å²) in [5, 5.41) is 14.1. The van der Waals surface area contributed by atoms with Crippen molar-refractivity contribution in [2.45, 2.75) is 45.1 Å². The molecule has 0 unspecified atom stereocenters. The molecule has 2 aromatic rings. The van der Waals surface area contributed by atoms with Gasteiger partial charge < -0.3 is 15.2 Å². The third-order valence-electron chi connectivity index (χ3n) is 4.17. The molecule has 25 heavy (non-hydrogen) atoms. The molecule has 0 amide bonds. The van der Waals surface area contributed by atoms with Crippen molar-refractivity contribution in [1.29, 1.82) is 0 Å². The van der Waals surface area contributed by atoms with Crippen LogP contribution in [0.2, 0.25) is 10.0 Å². The SMILES string of the molecule is COc1c(Cl)cc(Cl)c2ccc(CNCCCCCCCCO)nc12. The summed E-state index contributed by atoms with van der Waals surface area (Å²) in [4.78, 5) is 4.66. The maximum atomic E-state index is 8.74. The molecule has 2 N–H and O–H groups in total. The monoisotopic (exact) mass is 384 g/mol. The van der Waals surface area contributed by atoms with Crippen LogP contribution in [0.3, 0.4) is 0 Å². The number of hydrogen-bond donors (Lipinski definition) is 2. The van der Waals surface area contributed by atoms with Crippen molar-refractivity contribution in [1.82, 2.24) is 10.3 Å². The molecule has 0 aliphatic heterocycles. The van der Waals surface area contributed by atoms with Gasteiger partial charge in [0.25, 0.3) is 0 Å². The van der Waals surface area contributed by atoms with Gasteiger partial charge in [-0.15, -0.1) is 0 Å². The van der Waals surface area contributed by atoms with Crippen LogP contribution in [0.15, 0.2) is 18.2 Å². The number of nitrogens with one attached hydrogen (secondary N) is 1. The second-order valence-corrected chi connectivity index (χ2v) is 6.91. The van der Waals surface area contributed by atoms with Gasteiger partial charge in [0.05, 0.1) is 22.8 Å². The van der Waals surface area contributed by atoms with Crippen LogP contribution in [0.1, 0.15) is 44.2 Å². The van der Waals surface area contributed by atoms with Gasteiger partial charge in [-0.3, -0.25) is 0 Å². The van der Waals surface area contributed by atoms with E-state index in [4.69, 9.17) is 33.0 Å². The number of pyridine rings is 1. The van der Waals surface area contributed by atoms with Crippen LogP contribution < -0.4 is 10.1 Å². The zero-order valence-electron chi connectivity index (χ0n) is 14.7. The predicted octanol–water partition coefficient (Wildman–Crippen LogP) is 4.97. The summed E-state index contributed by atoms with van der Waals surface area (Å²) in [6, 6.07) is 5.62. The lowest BCUT2D eigenvalue weighted by atomic mass is 10.1. The number of aliphatic hydroxyl groups is 1. The standard InChI is InChI=1S/C19H26Cl2N2O2/c1-25-19-17(21)12-16(20)15-9-8-14(23-18(15)19)13-22-10-6-4-2-3-5-7-11-24/h8-9,12,22,24H,2-7,10-11,13H2,1H3. The first-order valence-corrected chi connectivity index (χ1v) is 9.56. The Labute approximate surface area is 159 Å². The molecule has 0 saturated carbocycles. The van der Waals surface area contributed by atoms with Gasteiger partial charge in [0.2, 0.25) is 0 Å². The highest BCUT2D eigenvalue weighted by Crippen LogP contribution is 2.36. The van der Waals surface area contributed by atoms with Gasteiger partial charge >= 0.3 is 0 Å². The fourth-order valence-electron chi connectivity index (χ4n) is 2.81. The van der Waals surface area contributed by atoms with E-state index in [1.807, 2.05) is 12.1 Å². The molecule has 0 spiro atoms. The third-order valence-corrected chi connectivity index (χ3v) is 4.76. The van der Waals surface area contributed by atoms with Crippen LogP contribution in [0.4, 0.5) is 0 Å². The summed E-state index contributed by atoms with van der Waals surface area (Å²) < 4.78 is 5.38. The number of methoxy groups -OCH3 is 1. The molecule has 138 valence electrons. The maximum Gasteiger partial charge on any atom is 0.163 e. The molecule has 1 heterocycles. The Bertz CT molecular complexity index is 680. The number of fused-ring (bicyclic) bond motifs is 1. The number of unbranched alkanes of at least 4 members (excludes halogenated alkanes) is 5. The molecular weight excluding hydrogens is 359 g/mol. The van der Waals surface area contributed by atoms with Crippen molar-refractivity contribution >= 4 is 34.1 Å². The summed E-state index contributed by atoms with van der Waals surface area (Å²) >= 11 is 12.4. The molecule has 0 aliphatic rings. The molecular formula is C19H26Cl2N2O2. The maximum absolute atomic E-state index is 8.74. The van der Waals surface area contributed by atoms with Crippen LogP contribution in [0.5, 0.6) is 5.75 Å². The first-order chi connectivity index (χ1) is 12.2. The molecule has 4 nitrogen and oxygen atoms in total. The Morgan fingerprint density at radius 1 is 1.04 bits per heavy atom. The average molecular weight is 385 g/mol. The number of aliphatic hydroxyl groups excluding tert-OH is 1. The summed E-state index contributed by atoms with van der Waals surface area (Å²) in [5.41, 5.74) is 1.63. The van der Waals surface area contributed by atoms with Gasteiger partial charge in [-0.25, -0.2) is 4.98 Å². The minimum Gasteiger partial charge on any atom is -0.493 e. The molecule has 6 heteroatoms. The molecule has 2 rings (SSSR count). The molecule has 0 fully saturated rings. The van der Waals surface area contributed by atoms with Gasteiger partial charge in [-0.05, 0) is 37.6 Å². The lowest BCUT2D eigenvalue weighted by molar-refractivity contribution is 0.282. The first-order valence-electron chi connectivity index (χ1n) is 8.80. The highest BCUT2D eigenvalue weighted by atomic mass is 35.5. The number of aromatic nitrogens is 1. The smallest absolute Gasteiger partial charge is 0.163 e. The normalized spacial score (nSPS) is 11.2. The van der Waals surface area contributed by atoms with Gasteiger partial charge in [-0.2, -0.15) is 0 Å². The second-order valence-electron chi connectivity index (χ2n) is 6.09. The zero-order valence-corrected chi connectivity index (χ0v) is 16.2. The van der Waals surface area contributed by atoms with Crippen LogP contribution >= 0.6 is 23.2 Å². The molecule has 0 atom stereocenters. The number of hydrogen-bond acceptors (Lipinski definition) is 4. The fourth-order valence-corrected chi connectivity index (χ4v) is 3.40. The molecule has 1 aromatic heterocycles. The molecule has 0 saturated heterocycles. The third kappa shape index (κ3) is 6.00. The minimum absolute atomic E-state index is 0.307. The van der Waals surface area contributed by atoms with Crippen molar-refractivity contribution < 1.29 is 9.84 Å². The lowest BCUT2D eigenvalue weighted by Gasteiger charge is -2.11. The highest BCUT2D eigenvalue weighted by Gasteiger charge is 2.12. The van der Waals surface area contributed by atoms with Gasteiger partial charge in [0.15, 0.2) is 5.75 Å².